The number of alkyl halides is 3. The van der Waals surface area contributed by atoms with Crippen LogP contribution >= 0.6 is 0 Å². The molecule has 0 saturated heterocycles. The van der Waals surface area contributed by atoms with Crippen molar-refractivity contribution in [3.8, 4) is 0 Å². The zero-order chi connectivity index (χ0) is 35.0. The monoisotopic (exact) mass is 626 g/mol. The first-order valence-electron chi connectivity index (χ1n) is 16.3. The number of carbonyl (C=O) groups excluding carboxylic acids is 2. The quantitative estimate of drug-likeness (QED) is 0.185. The summed E-state index contributed by atoms with van der Waals surface area (Å²) in [5, 5.41) is 0. The Bertz CT molecular complexity index is 981. The topological polar surface area (TPSA) is 34.1 Å². The number of aldehydes is 1. The second kappa shape index (κ2) is 24.8. The summed E-state index contributed by atoms with van der Waals surface area (Å²) >= 11 is 0. The molecule has 0 amide bonds. The highest BCUT2D eigenvalue weighted by molar-refractivity contribution is 5.82. The second-order valence-corrected chi connectivity index (χ2v) is 11.3. The van der Waals surface area contributed by atoms with Gasteiger partial charge in [-0.1, -0.05) is 102 Å². The lowest BCUT2D eigenvalue weighted by Crippen LogP contribution is -2.34. The number of hydrogen-bond acceptors (Lipinski definition) is 2. The molecule has 0 spiro atoms. The van der Waals surface area contributed by atoms with E-state index in [2.05, 4.69) is 58.5 Å². The Morgan fingerprint density at radius 1 is 0.955 bits per heavy atom. The van der Waals surface area contributed by atoms with Gasteiger partial charge in [0.25, 0.3) is 0 Å². The first-order chi connectivity index (χ1) is 20.5. The van der Waals surface area contributed by atoms with E-state index in [9.17, 15) is 22.4 Å². The fourth-order valence-electron chi connectivity index (χ4n) is 4.38. The number of benzene rings is 1. The van der Waals surface area contributed by atoms with Gasteiger partial charge in [0.1, 0.15) is 17.9 Å². The highest BCUT2D eigenvalue weighted by Gasteiger charge is 2.50. The summed E-state index contributed by atoms with van der Waals surface area (Å²) in [7, 11) is 0. The molecule has 3 rings (SSSR count). The molecule has 254 valence electrons. The zero-order valence-corrected chi connectivity index (χ0v) is 29.6. The van der Waals surface area contributed by atoms with Crippen LogP contribution in [0, 0.1) is 17.8 Å². The lowest BCUT2D eigenvalue weighted by Gasteiger charge is -2.33. The number of Topliss-reactive ketones (excluding diaryl/α,β-unsaturated/α-hetero) is 1. The van der Waals surface area contributed by atoms with Crippen LogP contribution in [-0.4, -0.2) is 18.2 Å². The van der Waals surface area contributed by atoms with Gasteiger partial charge >= 0.3 is 6.18 Å². The smallest absolute Gasteiger partial charge is 0.304 e. The maximum Gasteiger partial charge on any atom is 0.397 e. The Kier molecular flexibility index (Phi) is 25.9. The van der Waals surface area contributed by atoms with Crippen LogP contribution in [0.3, 0.4) is 0 Å². The number of halogens is 4. The van der Waals surface area contributed by atoms with Gasteiger partial charge in [-0.25, -0.2) is 4.39 Å². The molecule has 2 aliphatic rings. The van der Waals surface area contributed by atoms with Crippen LogP contribution in [0.4, 0.5) is 17.6 Å². The van der Waals surface area contributed by atoms with Gasteiger partial charge in [-0.05, 0) is 96.8 Å². The van der Waals surface area contributed by atoms with E-state index in [4.69, 9.17) is 4.79 Å². The average molecular weight is 627 g/mol. The molecular weight excluding hydrogens is 564 g/mol. The van der Waals surface area contributed by atoms with Crippen LogP contribution in [0.1, 0.15) is 138 Å². The standard InChI is InChI=1S/C10H12F4.C10H18O.C9H12.C5H10.C2H4O.C2H6/c1-3-7-4-5-9(2,6-8(7)11)10(12,13)14;1-3-10(9(2)11)7-5-4-6-8-10;1-3-9-6-4-8(2)5-7-9;1-4-5(2)3;1-2-3;1-2/h4,6H,3,5H2,1-2H3;3-8H2,1-2H3;4-7H,3H2,1-2H3;2,4H2,1,3H3;2H,1H3;1-2H3. The predicted molar refractivity (Wildman–Crippen MR) is 182 cm³/mol. The molecule has 0 heterocycles. The Labute approximate surface area is 267 Å². The van der Waals surface area contributed by atoms with Crippen LogP contribution in [0.25, 0.3) is 0 Å². The van der Waals surface area contributed by atoms with E-state index in [0.717, 1.165) is 45.3 Å². The van der Waals surface area contributed by atoms with Gasteiger partial charge in [0.05, 0.1) is 5.41 Å². The number of carbonyl (C=O) groups is 2. The lowest BCUT2D eigenvalue weighted by atomic mass is 9.70. The highest BCUT2D eigenvalue weighted by Crippen LogP contribution is 2.46. The van der Waals surface area contributed by atoms with Gasteiger partial charge in [-0.3, -0.25) is 4.79 Å². The third-order valence-corrected chi connectivity index (χ3v) is 7.92. The Balaban J connectivity index is -0.000000505. The second-order valence-electron chi connectivity index (χ2n) is 11.3. The first-order valence-corrected chi connectivity index (χ1v) is 16.3. The minimum absolute atomic E-state index is 0.0816. The summed E-state index contributed by atoms with van der Waals surface area (Å²) in [6.07, 6.45) is 8.05. The van der Waals surface area contributed by atoms with Crippen molar-refractivity contribution in [2.75, 3.05) is 0 Å². The van der Waals surface area contributed by atoms with Crippen LogP contribution in [0.2, 0.25) is 0 Å². The van der Waals surface area contributed by atoms with Crippen molar-refractivity contribution in [2.45, 2.75) is 147 Å². The van der Waals surface area contributed by atoms with E-state index in [0.29, 0.717) is 23.9 Å². The molecule has 44 heavy (non-hydrogen) atoms. The van der Waals surface area contributed by atoms with E-state index < -0.39 is 17.4 Å². The predicted octanol–water partition coefficient (Wildman–Crippen LogP) is 12.8. The molecule has 1 aromatic carbocycles. The van der Waals surface area contributed by atoms with E-state index in [1.165, 1.54) is 49.0 Å². The fourth-order valence-corrected chi connectivity index (χ4v) is 4.38. The zero-order valence-electron chi connectivity index (χ0n) is 29.6. The van der Waals surface area contributed by atoms with Crippen molar-refractivity contribution >= 4 is 12.1 Å². The van der Waals surface area contributed by atoms with Crippen molar-refractivity contribution in [1.29, 1.82) is 0 Å². The summed E-state index contributed by atoms with van der Waals surface area (Å²) in [6, 6.07) is 8.66. The summed E-state index contributed by atoms with van der Waals surface area (Å²) in [5.74, 6) is -0.321. The molecule has 2 aliphatic carbocycles. The van der Waals surface area contributed by atoms with E-state index >= 15 is 0 Å². The maximum atomic E-state index is 13.2. The largest absolute Gasteiger partial charge is 0.397 e. The highest BCUT2D eigenvalue weighted by atomic mass is 19.4. The fraction of sp³-hybridized carbons (Fsp3) is 0.632. The summed E-state index contributed by atoms with van der Waals surface area (Å²) in [5.41, 5.74) is 2.41. The number of allylic oxidation sites excluding steroid dienone is 5. The molecule has 0 aliphatic heterocycles. The number of ketones is 1. The van der Waals surface area contributed by atoms with Crippen LogP contribution in [0.5, 0.6) is 0 Å². The number of aryl methyl sites for hydroxylation is 2. The van der Waals surface area contributed by atoms with E-state index in [1.807, 2.05) is 20.8 Å². The number of rotatable bonds is 5. The molecule has 0 radical (unpaired) electrons. The molecule has 0 aromatic heterocycles. The van der Waals surface area contributed by atoms with Crippen molar-refractivity contribution in [1.82, 2.24) is 0 Å². The van der Waals surface area contributed by atoms with Crippen molar-refractivity contribution in [3.63, 3.8) is 0 Å². The molecule has 0 N–H and O–H groups in total. The molecule has 6 heteroatoms. The summed E-state index contributed by atoms with van der Waals surface area (Å²) in [4.78, 5) is 20.2. The van der Waals surface area contributed by atoms with Crippen LogP contribution in [-0.2, 0) is 16.0 Å². The summed E-state index contributed by atoms with van der Waals surface area (Å²) in [6.45, 7) is 24.2. The SMILES string of the molecule is C=C(C)CC.CC.CC=O.CCC1(C(C)=O)CCCCC1.CCC1=CCC(C)(C(F)(F)F)C=C1F.CCc1ccc(C)cc1. The number of hydrogen-bond donors (Lipinski definition) is 0. The van der Waals surface area contributed by atoms with E-state index in [1.54, 1.807) is 13.8 Å². The Morgan fingerprint density at radius 2 is 1.41 bits per heavy atom. The van der Waals surface area contributed by atoms with Gasteiger partial charge in [0.15, 0.2) is 0 Å². The van der Waals surface area contributed by atoms with E-state index in [-0.39, 0.29) is 11.8 Å². The minimum atomic E-state index is -4.39. The molecular formula is C38H62F4O2. The van der Waals surface area contributed by atoms with Gasteiger partial charge in [0, 0.05) is 5.41 Å². The van der Waals surface area contributed by atoms with Gasteiger partial charge in [-0.15, -0.1) is 6.58 Å². The summed E-state index contributed by atoms with van der Waals surface area (Å²) < 4.78 is 50.6. The molecule has 2 nitrogen and oxygen atoms in total. The average Bonchev–Trinajstić information content (AvgIpc) is 3.00. The van der Waals surface area contributed by atoms with Crippen molar-refractivity contribution < 1.29 is 27.2 Å². The molecule has 1 aromatic rings. The van der Waals surface area contributed by atoms with Crippen molar-refractivity contribution in [2.24, 2.45) is 10.8 Å². The molecule has 1 saturated carbocycles. The molecule has 0 bridgehead atoms. The first kappa shape index (κ1) is 45.9. The maximum absolute atomic E-state index is 13.2. The van der Waals surface area contributed by atoms with Crippen molar-refractivity contribution in [3.05, 3.63) is 71.1 Å². The molecule has 1 unspecified atom stereocenters. The molecule has 1 fully saturated rings. The minimum Gasteiger partial charge on any atom is -0.304 e. The normalized spacial score (nSPS) is 18.1. The van der Waals surface area contributed by atoms with Gasteiger partial charge < -0.3 is 4.79 Å². The Hall–Kier alpha value is -2.50. The third kappa shape index (κ3) is 18.3. The Morgan fingerprint density at radius 3 is 1.68 bits per heavy atom. The van der Waals surface area contributed by atoms with Crippen LogP contribution < -0.4 is 0 Å². The van der Waals surface area contributed by atoms with Gasteiger partial charge in [0.2, 0.25) is 0 Å². The van der Waals surface area contributed by atoms with Crippen LogP contribution in [0.15, 0.2) is 60.0 Å². The van der Waals surface area contributed by atoms with Gasteiger partial charge in [-0.2, -0.15) is 13.2 Å². The lowest BCUT2D eigenvalue weighted by molar-refractivity contribution is -0.199. The third-order valence-electron chi connectivity index (χ3n) is 7.92. The molecule has 1 atom stereocenters.